The van der Waals surface area contributed by atoms with Crippen LogP contribution >= 0.6 is 12.4 Å². The van der Waals surface area contributed by atoms with Crippen molar-refractivity contribution >= 4 is 22.6 Å². The molecule has 128 valence electrons. The first-order chi connectivity index (χ1) is 9.56. The molecule has 0 unspecified atom stereocenters. The standard InChI is InChI=1S/C12H27N3O4S.ClH/c1-13-12-4-6-14(7-5-12)20(16,17)15(8-10-18-2)9-11-19-3;/h12-13H,4-11H2,1-3H3;1H. The number of methoxy groups -OCH3 is 2. The third kappa shape index (κ3) is 6.35. The Bertz CT molecular complexity index is 354. The van der Waals surface area contributed by atoms with Crippen molar-refractivity contribution in [3.63, 3.8) is 0 Å². The Morgan fingerprint density at radius 3 is 2.00 bits per heavy atom. The molecule has 1 rings (SSSR count). The van der Waals surface area contributed by atoms with Gasteiger partial charge in [-0.1, -0.05) is 0 Å². The third-order valence-electron chi connectivity index (χ3n) is 3.60. The molecule has 1 heterocycles. The Hall–Kier alpha value is 0.0400. The maximum Gasteiger partial charge on any atom is 0.282 e. The molecule has 0 spiro atoms. The van der Waals surface area contributed by atoms with Crippen molar-refractivity contribution in [1.82, 2.24) is 13.9 Å². The van der Waals surface area contributed by atoms with Crippen LogP contribution in [0.15, 0.2) is 0 Å². The molecular weight excluding hydrogens is 318 g/mol. The Morgan fingerprint density at radius 2 is 1.62 bits per heavy atom. The van der Waals surface area contributed by atoms with E-state index in [2.05, 4.69) is 5.32 Å². The predicted octanol–water partition coefficient (Wildman–Crippen LogP) is -0.0684. The zero-order valence-electron chi connectivity index (χ0n) is 13.1. The van der Waals surface area contributed by atoms with Gasteiger partial charge in [0.15, 0.2) is 0 Å². The van der Waals surface area contributed by atoms with Crippen LogP contribution in [0, 0.1) is 0 Å². The van der Waals surface area contributed by atoms with E-state index < -0.39 is 10.2 Å². The summed E-state index contributed by atoms with van der Waals surface area (Å²) in [5.74, 6) is 0. The lowest BCUT2D eigenvalue weighted by Gasteiger charge is -2.34. The lowest BCUT2D eigenvalue weighted by molar-refractivity contribution is 0.145. The van der Waals surface area contributed by atoms with Gasteiger partial charge in [0.25, 0.3) is 10.2 Å². The number of halogens is 1. The van der Waals surface area contributed by atoms with Crippen LogP contribution in [0.1, 0.15) is 12.8 Å². The van der Waals surface area contributed by atoms with Crippen LogP contribution in [0.25, 0.3) is 0 Å². The molecule has 0 atom stereocenters. The van der Waals surface area contributed by atoms with Gasteiger partial charge >= 0.3 is 0 Å². The Labute approximate surface area is 134 Å². The smallest absolute Gasteiger partial charge is 0.282 e. The fourth-order valence-electron chi connectivity index (χ4n) is 2.27. The van der Waals surface area contributed by atoms with Gasteiger partial charge in [-0.25, -0.2) is 0 Å². The highest BCUT2D eigenvalue weighted by atomic mass is 35.5. The van der Waals surface area contributed by atoms with E-state index in [9.17, 15) is 8.42 Å². The van der Waals surface area contributed by atoms with Crippen molar-refractivity contribution in [2.24, 2.45) is 0 Å². The maximum atomic E-state index is 12.6. The molecule has 0 aromatic rings. The fraction of sp³-hybridized carbons (Fsp3) is 1.00. The summed E-state index contributed by atoms with van der Waals surface area (Å²) in [6, 6.07) is 0.410. The largest absolute Gasteiger partial charge is 0.383 e. The van der Waals surface area contributed by atoms with E-state index in [-0.39, 0.29) is 12.4 Å². The summed E-state index contributed by atoms with van der Waals surface area (Å²) in [5, 5.41) is 3.20. The van der Waals surface area contributed by atoms with E-state index in [4.69, 9.17) is 9.47 Å². The van der Waals surface area contributed by atoms with E-state index >= 15 is 0 Å². The number of hydrogen-bond donors (Lipinski definition) is 1. The predicted molar refractivity (Wildman–Crippen MR) is 85.1 cm³/mol. The zero-order valence-corrected chi connectivity index (χ0v) is 14.7. The highest BCUT2D eigenvalue weighted by molar-refractivity contribution is 7.86. The number of hydrogen-bond acceptors (Lipinski definition) is 5. The summed E-state index contributed by atoms with van der Waals surface area (Å²) >= 11 is 0. The molecule has 9 heteroatoms. The van der Waals surface area contributed by atoms with Crippen LogP contribution < -0.4 is 5.32 Å². The molecule has 1 aliphatic rings. The normalized spacial score (nSPS) is 17.9. The molecular formula is C12H28ClN3O4S. The molecule has 7 nitrogen and oxygen atoms in total. The monoisotopic (exact) mass is 345 g/mol. The second-order valence-corrected chi connectivity index (χ2v) is 6.78. The van der Waals surface area contributed by atoms with Crippen LogP contribution in [0.4, 0.5) is 0 Å². The van der Waals surface area contributed by atoms with Gasteiger partial charge in [-0.2, -0.15) is 17.0 Å². The molecule has 0 saturated carbocycles. The number of nitrogens with one attached hydrogen (secondary N) is 1. The molecule has 1 saturated heterocycles. The van der Waals surface area contributed by atoms with Crippen LogP contribution in [0.3, 0.4) is 0 Å². The number of nitrogens with zero attached hydrogens (tertiary/aromatic N) is 2. The zero-order chi connectivity index (χ0) is 15.0. The Morgan fingerprint density at radius 1 is 1.14 bits per heavy atom. The average molecular weight is 346 g/mol. The van der Waals surface area contributed by atoms with Crippen molar-refractivity contribution in [1.29, 1.82) is 0 Å². The van der Waals surface area contributed by atoms with Gasteiger partial charge in [0.1, 0.15) is 0 Å². The van der Waals surface area contributed by atoms with Crippen molar-refractivity contribution in [2.45, 2.75) is 18.9 Å². The highest BCUT2D eigenvalue weighted by Gasteiger charge is 2.32. The Kier molecular flexibility index (Phi) is 10.7. The lowest BCUT2D eigenvalue weighted by Crippen LogP contribution is -2.51. The maximum absolute atomic E-state index is 12.6. The first-order valence-corrected chi connectivity index (χ1v) is 8.36. The molecule has 1 fully saturated rings. The van der Waals surface area contributed by atoms with Crippen LogP contribution in [-0.4, -0.2) is 83.7 Å². The summed E-state index contributed by atoms with van der Waals surface area (Å²) in [5.41, 5.74) is 0. The topological polar surface area (TPSA) is 71.1 Å². The highest BCUT2D eigenvalue weighted by Crippen LogP contribution is 2.16. The number of rotatable bonds is 9. The van der Waals surface area contributed by atoms with Crippen molar-refractivity contribution < 1.29 is 17.9 Å². The summed E-state index contributed by atoms with van der Waals surface area (Å²) in [4.78, 5) is 0. The van der Waals surface area contributed by atoms with Gasteiger partial charge in [0.05, 0.1) is 13.2 Å². The van der Waals surface area contributed by atoms with Crippen LogP contribution in [-0.2, 0) is 19.7 Å². The third-order valence-corrected chi connectivity index (χ3v) is 5.64. The molecule has 1 N–H and O–H groups in total. The second-order valence-electron chi connectivity index (χ2n) is 4.85. The van der Waals surface area contributed by atoms with Gasteiger partial charge in [0, 0.05) is 46.4 Å². The van der Waals surface area contributed by atoms with E-state index in [0.717, 1.165) is 12.8 Å². The minimum Gasteiger partial charge on any atom is -0.383 e. The van der Waals surface area contributed by atoms with Crippen LogP contribution in [0.2, 0.25) is 0 Å². The Balaban J connectivity index is 0.00000400. The lowest BCUT2D eigenvalue weighted by atomic mass is 10.1. The molecule has 0 aliphatic carbocycles. The second kappa shape index (κ2) is 10.7. The first kappa shape index (κ1) is 21.0. The minimum atomic E-state index is -3.42. The van der Waals surface area contributed by atoms with Gasteiger partial charge in [0.2, 0.25) is 0 Å². The van der Waals surface area contributed by atoms with E-state index in [1.54, 1.807) is 18.5 Å². The van der Waals surface area contributed by atoms with Gasteiger partial charge in [-0.3, -0.25) is 0 Å². The fourth-order valence-corrected chi connectivity index (χ4v) is 3.88. The minimum absolute atomic E-state index is 0. The van der Waals surface area contributed by atoms with Gasteiger partial charge in [-0.15, -0.1) is 12.4 Å². The van der Waals surface area contributed by atoms with E-state index in [1.807, 2.05) is 7.05 Å². The van der Waals surface area contributed by atoms with Crippen LogP contribution in [0.5, 0.6) is 0 Å². The number of ether oxygens (including phenoxy) is 2. The number of piperidine rings is 1. The molecule has 0 aromatic carbocycles. The quantitative estimate of drug-likeness (QED) is 0.633. The SMILES string of the molecule is CNC1CCN(S(=O)(=O)N(CCOC)CCOC)CC1.Cl. The summed E-state index contributed by atoms with van der Waals surface area (Å²) in [6.07, 6.45) is 1.69. The molecule has 1 aliphatic heterocycles. The summed E-state index contributed by atoms with van der Waals surface area (Å²) < 4.78 is 38.2. The first-order valence-electron chi connectivity index (χ1n) is 6.96. The average Bonchev–Trinajstić information content (AvgIpc) is 2.47. The van der Waals surface area contributed by atoms with Crippen molar-refractivity contribution in [2.75, 3.05) is 60.7 Å². The van der Waals surface area contributed by atoms with Gasteiger partial charge < -0.3 is 14.8 Å². The van der Waals surface area contributed by atoms with Crippen molar-refractivity contribution in [3.8, 4) is 0 Å². The molecule has 0 amide bonds. The summed E-state index contributed by atoms with van der Waals surface area (Å²) in [6.45, 7) is 2.60. The summed E-state index contributed by atoms with van der Waals surface area (Å²) in [7, 11) is 1.63. The molecule has 0 bridgehead atoms. The van der Waals surface area contributed by atoms with Gasteiger partial charge in [-0.05, 0) is 19.9 Å². The van der Waals surface area contributed by atoms with E-state index in [1.165, 1.54) is 4.31 Å². The molecule has 21 heavy (non-hydrogen) atoms. The van der Waals surface area contributed by atoms with E-state index in [0.29, 0.717) is 45.4 Å². The molecule has 0 radical (unpaired) electrons. The molecule has 0 aromatic heterocycles. The van der Waals surface area contributed by atoms with Crippen molar-refractivity contribution in [3.05, 3.63) is 0 Å².